The van der Waals surface area contributed by atoms with Crippen molar-refractivity contribution in [2.24, 2.45) is 5.41 Å². The maximum Gasteiger partial charge on any atom is 0.471 e. The van der Waals surface area contributed by atoms with E-state index in [2.05, 4.69) is 0 Å². The molecule has 1 unspecified atom stereocenters. The maximum absolute atomic E-state index is 12.4. The van der Waals surface area contributed by atoms with Crippen molar-refractivity contribution in [1.29, 1.82) is 0 Å². The van der Waals surface area contributed by atoms with E-state index in [0.717, 1.165) is 7.05 Å². The molecule has 4 nitrogen and oxygen atoms in total. The molecule has 110 valence electrons. The number of carbonyl (C=O) groups excluding carboxylic acids is 1. The lowest BCUT2D eigenvalue weighted by molar-refractivity contribution is -0.190. The molecule has 0 aromatic rings. The lowest BCUT2D eigenvalue weighted by Crippen LogP contribution is -2.54. The van der Waals surface area contributed by atoms with E-state index in [0.29, 0.717) is 5.57 Å². The molecule has 7 heteroatoms. The van der Waals surface area contributed by atoms with Crippen LogP contribution in [0.5, 0.6) is 0 Å². The molecule has 0 fully saturated rings. The third-order valence-corrected chi connectivity index (χ3v) is 3.32. The van der Waals surface area contributed by atoms with E-state index in [-0.39, 0.29) is 4.90 Å². The Morgan fingerprint density at radius 3 is 1.95 bits per heavy atom. The first kappa shape index (κ1) is 17.5. The van der Waals surface area contributed by atoms with E-state index in [1.807, 2.05) is 0 Å². The fraction of sp³-hybridized carbons (Fsp3) is 0.667. The quantitative estimate of drug-likeness (QED) is 0.805. The molecule has 0 radical (unpaired) electrons. The second-order valence-electron chi connectivity index (χ2n) is 4.85. The summed E-state index contributed by atoms with van der Waals surface area (Å²) in [5.74, 6) is -3.65. The van der Waals surface area contributed by atoms with Gasteiger partial charge in [-0.25, -0.2) is 4.79 Å². The van der Waals surface area contributed by atoms with Crippen LogP contribution >= 0.6 is 0 Å². The molecule has 0 spiro atoms. The van der Waals surface area contributed by atoms with Gasteiger partial charge in [-0.2, -0.15) is 13.2 Å². The Morgan fingerprint density at radius 2 is 1.68 bits per heavy atom. The predicted octanol–water partition coefficient (Wildman–Crippen LogP) is 2.45. The summed E-state index contributed by atoms with van der Waals surface area (Å²) in [5, 5.41) is 9.15. The molecule has 0 saturated heterocycles. The van der Waals surface area contributed by atoms with Gasteiger partial charge in [0.15, 0.2) is 0 Å². The number of rotatable bonds is 4. The zero-order valence-electron chi connectivity index (χ0n) is 11.5. The number of nitrogens with zero attached hydrogens (tertiary/aromatic N) is 1. The lowest BCUT2D eigenvalue weighted by Gasteiger charge is -2.38. The molecule has 0 saturated carbocycles. The van der Waals surface area contributed by atoms with Gasteiger partial charge in [0.1, 0.15) is 6.04 Å². The third-order valence-electron chi connectivity index (χ3n) is 3.32. The summed E-state index contributed by atoms with van der Waals surface area (Å²) in [5.41, 5.74) is -0.530. The molecule has 19 heavy (non-hydrogen) atoms. The van der Waals surface area contributed by atoms with E-state index in [4.69, 9.17) is 5.11 Å². The molecular weight excluding hydrogens is 263 g/mol. The van der Waals surface area contributed by atoms with Crippen LogP contribution in [0.25, 0.3) is 0 Å². The summed E-state index contributed by atoms with van der Waals surface area (Å²) in [6, 6.07) is -1.60. The molecule has 0 aromatic heterocycles. The highest BCUT2D eigenvalue weighted by Gasteiger charge is 2.49. The summed E-state index contributed by atoms with van der Waals surface area (Å²) in [6.45, 7) is 6.24. The first-order valence-electron chi connectivity index (χ1n) is 5.57. The number of carboxylic acid groups (broad SMARTS) is 1. The van der Waals surface area contributed by atoms with Crippen LogP contribution < -0.4 is 0 Å². The number of aliphatic carboxylic acids is 1. The van der Waals surface area contributed by atoms with Gasteiger partial charge >= 0.3 is 18.1 Å². The van der Waals surface area contributed by atoms with Gasteiger partial charge in [-0.1, -0.05) is 25.5 Å². The van der Waals surface area contributed by atoms with Crippen molar-refractivity contribution in [1.82, 2.24) is 4.90 Å². The van der Waals surface area contributed by atoms with Crippen LogP contribution in [0, 0.1) is 5.41 Å². The minimum Gasteiger partial charge on any atom is -0.480 e. The smallest absolute Gasteiger partial charge is 0.471 e. The van der Waals surface area contributed by atoms with Crippen LogP contribution in [0.1, 0.15) is 27.7 Å². The molecule has 1 atom stereocenters. The molecule has 0 heterocycles. The van der Waals surface area contributed by atoms with Gasteiger partial charge in [-0.3, -0.25) is 4.79 Å². The van der Waals surface area contributed by atoms with E-state index >= 15 is 0 Å². The third kappa shape index (κ3) is 3.71. The number of hydrogen-bond donors (Lipinski definition) is 1. The van der Waals surface area contributed by atoms with Crippen LogP contribution in [-0.4, -0.2) is 41.1 Å². The molecule has 0 bridgehead atoms. The zero-order valence-corrected chi connectivity index (χ0v) is 11.5. The summed E-state index contributed by atoms with van der Waals surface area (Å²) >= 11 is 0. The summed E-state index contributed by atoms with van der Waals surface area (Å²) in [4.78, 5) is 22.7. The highest BCUT2D eigenvalue weighted by atomic mass is 19.4. The fourth-order valence-corrected chi connectivity index (χ4v) is 1.86. The van der Waals surface area contributed by atoms with Crippen molar-refractivity contribution < 1.29 is 27.9 Å². The first-order chi connectivity index (χ1) is 8.37. The number of allylic oxidation sites excluding steroid dienone is 1. The van der Waals surface area contributed by atoms with Gasteiger partial charge in [0.2, 0.25) is 0 Å². The van der Waals surface area contributed by atoms with Crippen molar-refractivity contribution in [3.8, 4) is 0 Å². The summed E-state index contributed by atoms with van der Waals surface area (Å²) in [7, 11) is 0.847. The average Bonchev–Trinajstić information content (AvgIpc) is 2.24. The van der Waals surface area contributed by atoms with Crippen LogP contribution in [0.2, 0.25) is 0 Å². The molecule has 0 aliphatic heterocycles. The second kappa shape index (κ2) is 5.63. The Labute approximate surface area is 109 Å². The molecule has 0 aliphatic carbocycles. The largest absolute Gasteiger partial charge is 0.480 e. The van der Waals surface area contributed by atoms with E-state index in [1.165, 1.54) is 13.8 Å². The van der Waals surface area contributed by atoms with Gasteiger partial charge in [-0.05, 0) is 13.8 Å². The number of carbonyl (C=O) groups is 2. The SMILES string of the molecule is C/C=C(\C)C(C)(C)C(C(=O)O)N(C)C(=O)C(F)(F)F. The van der Waals surface area contributed by atoms with Gasteiger partial charge < -0.3 is 10.0 Å². The Hall–Kier alpha value is -1.53. The Bertz CT molecular complexity index is 400. The highest BCUT2D eigenvalue weighted by molar-refractivity contribution is 5.87. The van der Waals surface area contributed by atoms with Crippen LogP contribution in [0.4, 0.5) is 13.2 Å². The molecule has 0 rings (SSSR count). The number of likely N-dealkylation sites (N-methyl/N-ethyl adjacent to an activating group) is 1. The van der Waals surface area contributed by atoms with Crippen molar-refractivity contribution in [2.75, 3.05) is 7.05 Å². The lowest BCUT2D eigenvalue weighted by atomic mass is 9.77. The van der Waals surface area contributed by atoms with Crippen molar-refractivity contribution in [2.45, 2.75) is 39.9 Å². The minimum atomic E-state index is -5.09. The number of halogens is 3. The predicted molar refractivity (Wildman–Crippen MR) is 63.5 cm³/mol. The van der Waals surface area contributed by atoms with Crippen LogP contribution in [0.15, 0.2) is 11.6 Å². The van der Waals surface area contributed by atoms with Gasteiger partial charge in [0.05, 0.1) is 0 Å². The number of carboxylic acids is 1. The van der Waals surface area contributed by atoms with Crippen molar-refractivity contribution >= 4 is 11.9 Å². The van der Waals surface area contributed by atoms with Gasteiger partial charge in [0, 0.05) is 12.5 Å². The number of amides is 1. The highest BCUT2D eigenvalue weighted by Crippen LogP contribution is 2.34. The summed E-state index contributed by atoms with van der Waals surface area (Å²) in [6.07, 6.45) is -3.48. The zero-order chi connectivity index (χ0) is 15.6. The van der Waals surface area contributed by atoms with E-state index < -0.39 is 29.5 Å². The standard InChI is InChI=1S/C12H18F3NO3/c1-6-7(2)11(3,4)8(9(17)18)16(5)10(19)12(13,14)15/h6,8H,1-5H3,(H,17,18)/b7-6+. The number of alkyl halides is 3. The minimum absolute atomic E-state index is 0.231. The monoisotopic (exact) mass is 281 g/mol. The molecule has 0 aromatic carbocycles. The van der Waals surface area contributed by atoms with Gasteiger partial charge in [-0.15, -0.1) is 0 Å². The number of hydrogen-bond acceptors (Lipinski definition) is 2. The Morgan fingerprint density at radius 1 is 1.26 bits per heavy atom. The molecule has 1 amide bonds. The van der Waals surface area contributed by atoms with E-state index in [1.54, 1.807) is 19.9 Å². The maximum atomic E-state index is 12.4. The van der Waals surface area contributed by atoms with Crippen molar-refractivity contribution in [3.63, 3.8) is 0 Å². The molecule has 0 aliphatic rings. The molecular formula is C12H18F3NO3. The summed E-state index contributed by atoms with van der Waals surface area (Å²) < 4.78 is 37.2. The normalized spacial score (nSPS) is 15.1. The van der Waals surface area contributed by atoms with Crippen LogP contribution in [0.3, 0.4) is 0 Å². The van der Waals surface area contributed by atoms with Crippen LogP contribution in [-0.2, 0) is 9.59 Å². The fourth-order valence-electron chi connectivity index (χ4n) is 1.86. The first-order valence-corrected chi connectivity index (χ1v) is 5.57. The Balaban J connectivity index is 5.60. The Kier molecular flexibility index (Phi) is 5.17. The molecule has 1 N–H and O–H groups in total. The topological polar surface area (TPSA) is 57.6 Å². The average molecular weight is 281 g/mol. The second-order valence-corrected chi connectivity index (χ2v) is 4.85. The van der Waals surface area contributed by atoms with Gasteiger partial charge in [0.25, 0.3) is 0 Å². The van der Waals surface area contributed by atoms with E-state index in [9.17, 15) is 22.8 Å². The van der Waals surface area contributed by atoms with Crippen molar-refractivity contribution in [3.05, 3.63) is 11.6 Å².